The number of hydrogen-bond acceptors (Lipinski definition) is 4. The second kappa shape index (κ2) is 10.1. The number of nitrogens with one attached hydrogen (secondary N) is 2. The quantitative estimate of drug-likeness (QED) is 0.302. The fourth-order valence-corrected chi connectivity index (χ4v) is 4.06. The number of hydrogen-bond donors (Lipinski definition) is 2. The van der Waals surface area contributed by atoms with Gasteiger partial charge >= 0.3 is 6.18 Å². The van der Waals surface area contributed by atoms with Crippen LogP contribution in [0.3, 0.4) is 0 Å². The fraction of sp³-hybridized carbons (Fsp3) is 0.0800. The van der Waals surface area contributed by atoms with Crippen molar-refractivity contribution in [1.29, 1.82) is 0 Å². The average molecular weight is 499 g/mol. The summed E-state index contributed by atoms with van der Waals surface area (Å²) < 4.78 is 54.1. The minimum absolute atomic E-state index is 0.0791. The molecule has 2 amide bonds. The number of carbonyl (C=O) groups is 2. The molecule has 0 aliphatic rings. The van der Waals surface area contributed by atoms with Crippen LogP contribution in [0.25, 0.3) is 10.6 Å². The maximum atomic E-state index is 13.7. The zero-order chi connectivity index (χ0) is 25.0. The van der Waals surface area contributed by atoms with Gasteiger partial charge in [0.1, 0.15) is 10.8 Å². The number of carbonyl (C=O) groups excluding carboxylic acids is 2. The van der Waals surface area contributed by atoms with Gasteiger partial charge in [-0.05, 0) is 42.5 Å². The van der Waals surface area contributed by atoms with Crippen molar-refractivity contribution in [2.24, 2.45) is 0 Å². The van der Waals surface area contributed by atoms with Crippen molar-refractivity contribution in [1.82, 2.24) is 4.98 Å². The van der Waals surface area contributed by atoms with Crippen LogP contribution in [0.5, 0.6) is 0 Å². The van der Waals surface area contributed by atoms with Gasteiger partial charge in [-0.25, -0.2) is 9.37 Å². The molecule has 2 N–H and O–H groups in total. The lowest BCUT2D eigenvalue weighted by atomic mass is 10.1. The lowest BCUT2D eigenvalue weighted by Gasteiger charge is -2.16. The van der Waals surface area contributed by atoms with Crippen LogP contribution in [0.1, 0.15) is 21.6 Å². The third-order valence-electron chi connectivity index (χ3n) is 4.88. The first-order valence-electron chi connectivity index (χ1n) is 10.3. The maximum Gasteiger partial charge on any atom is 0.418 e. The Labute approximate surface area is 201 Å². The molecule has 0 atom stereocenters. The zero-order valence-corrected chi connectivity index (χ0v) is 18.7. The van der Waals surface area contributed by atoms with Crippen molar-refractivity contribution >= 4 is 34.5 Å². The first-order chi connectivity index (χ1) is 16.7. The minimum Gasteiger partial charge on any atom is -0.325 e. The van der Waals surface area contributed by atoms with Crippen LogP contribution in [0.4, 0.5) is 28.9 Å². The molecule has 178 valence electrons. The zero-order valence-electron chi connectivity index (χ0n) is 17.9. The smallest absolute Gasteiger partial charge is 0.325 e. The van der Waals surface area contributed by atoms with Crippen LogP contribution in [0, 0.1) is 5.82 Å². The van der Waals surface area contributed by atoms with E-state index in [4.69, 9.17) is 0 Å². The number of thiazole rings is 1. The van der Waals surface area contributed by atoms with Crippen LogP contribution in [0.2, 0.25) is 0 Å². The molecule has 35 heavy (non-hydrogen) atoms. The van der Waals surface area contributed by atoms with Crippen LogP contribution in [-0.2, 0) is 17.4 Å². The monoisotopic (exact) mass is 499 g/mol. The van der Waals surface area contributed by atoms with Crippen LogP contribution in [-0.4, -0.2) is 16.8 Å². The van der Waals surface area contributed by atoms with Crippen molar-refractivity contribution in [3.05, 3.63) is 101 Å². The number of aromatic nitrogens is 1. The Kier molecular flexibility index (Phi) is 6.92. The molecule has 0 fully saturated rings. The molecule has 0 aliphatic carbocycles. The molecule has 1 heterocycles. The standard InChI is InChI=1S/C25H17F4N3O2S/c26-17-8-6-15(7-9-17)23(34)30-18-10-11-21(20(12-18)25(27,28)29)32-22(33)13-19-14-35-24(31-19)16-4-2-1-3-5-16/h1-12,14H,13H2,(H,30,34)(H,32,33). The Morgan fingerprint density at radius 2 is 1.63 bits per heavy atom. The van der Waals surface area contributed by atoms with Crippen LogP contribution < -0.4 is 10.6 Å². The highest BCUT2D eigenvalue weighted by atomic mass is 32.1. The molecule has 0 saturated carbocycles. The molecule has 0 spiro atoms. The first-order valence-corrected chi connectivity index (χ1v) is 11.1. The van der Waals surface area contributed by atoms with Gasteiger partial charge in [0, 0.05) is 22.2 Å². The lowest BCUT2D eigenvalue weighted by Crippen LogP contribution is -2.19. The van der Waals surface area contributed by atoms with Gasteiger partial charge in [0.15, 0.2) is 0 Å². The number of nitrogens with zero attached hydrogens (tertiary/aromatic N) is 1. The van der Waals surface area contributed by atoms with Gasteiger partial charge in [0.05, 0.1) is 23.4 Å². The largest absolute Gasteiger partial charge is 0.418 e. The molecule has 0 aliphatic heterocycles. The SMILES string of the molecule is O=C(Cc1csc(-c2ccccc2)n1)Nc1ccc(NC(=O)c2ccc(F)cc2)cc1C(F)(F)F. The summed E-state index contributed by atoms with van der Waals surface area (Å²) >= 11 is 1.33. The molecular formula is C25H17F4N3O2S. The summed E-state index contributed by atoms with van der Waals surface area (Å²) in [6.45, 7) is 0. The number of rotatable bonds is 6. The van der Waals surface area contributed by atoms with Gasteiger partial charge in [0.2, 0.25) is 5.91 Å². The number of halogens is 4. The Bertz CT molecular complexity index is 1350. The summed E-state index contributed by atoms with van der Waals surface area (Å²) in [6.07, 6.45) is -5.00. The molecular weight excluding hydrogens is 482 g/mol. The molecule has 4 rings (SSSR count). The summed E-state index contributed by atoms with van der Waals surface area (Å²) in [5, 5.41) is 7.01. The van der Waals surface area contributed by atoms with E-state index >= 15 is 0 Å². The van der Waals surface area contributed by atoms with E-state index in [0.29, 0.717) is 10.7 Å². The van der Waals surface area contributed by atoms with E-state index in [1.54, 1.807) is 5.38 Å². The summed E-state index contributed by atoms with van der Waals surface area (Å²) in [5.41, 5.74) is -0.302. The van der Waals surface area contributed by atoms with Gasteiger partial charge in [-0.2, -0.15) is 13.2 Å². The minimum atomic E-state index is -4.79. The number of alkyl halides is 3. The highest BCUT2D eigenvalue weighted by Gasteiger charge is 2.34. The number of benzene rings is 3. The Morgan fingerprint density at radius 1 is 0.914 bits per heavy atom. The van der Waals surface area contributed by atoms with E-state index in [1.165, 1.54) is 29.5 Å². The maximum absolute atomic E-state index is 13.7. The highest BCUT2D eigenvalue weighted by molar-refractivity contribution is 7.13. The first kappa shape index (κ1) is 24.1. The van der Waals surface area contributed by atoms with E-state index < -0.39 is 35.1 Å². The second-order valence-corrected chi connectivity index (χ2v) is 8.31. The van der Waals surface area contributed by atoms with Crippen molar-refractivity contribution < 1.29 is 27.2 Å². The molecule has 0 saturated heterocycles. The molecule has 3 aromatic carbocycles. The van der Waals surface area contributed by atoms with E-state index in [0.717, 1.165) is 29.8 Å². The normalized spacial score (nSPS) is 11.2. The Balaban J connectivity index is 1.48. The lowest BCUT2D eigenvalue weighted by molar-refractivity contribution is -0.136. The molecule has 0 bridgehead atoms. The van der Waals surface area contributed by atoms with Gasteiger partial charge in [-0.1, -0.05) is 30.3 Å². The van der Waals surface area contributed by atoms with Gasteiger partial charge < -0.3 is 10.6 Å². The predicted molar refractivity (Wildman–Crippen MR) is 126 cm³/mol. The summed E-state index contributed by atoms with van der Waals surface area (Å²) in [4.78, 5) is 29.1. The van der Waals surface area contributed by atoms with Crippen molar-refractivity contribution in [3.63, 3.8) is 0 Å². The summed E-state index contributed by atoms with van der Waals surface area (Å²) in [5.74, 6) is -1.91. The van der Waals surface area contributed by atoms with Gasteiger partial charge in [-0.15, -0.1) is 11.3 Å². The molecule has 10 heteroatoms. The topological polar surface area (TPSA) is 71.1 Å². The second-order valence-electron chi connectivity index (χ2n) is 7.45. The van der Waals surface area contributed by atoms with E-state index in [1.807, 2.05) is 30.3 Å². The van der Waals surface area contributed by atoms with E-state index in [-0.39, 0.29) is 17.7 Å². The van der Waals surface area contributed by atoms with Crippen molar-refractivity contribution in [2.75, 3.05) is 10.6 Å². The van der Waals surface area contributed by atoms with Gasteiger partial charge in [0.25, 0.3) is 5.91 Å². The average Bonchev–Trinajstić information content (AvgIpc) is 3.28. The van der Waals surface area contributed by atoms with E-state index in [2.05, 4.69) is 15.6 Å². The third kappa shape index (κ3) is 6.10. The fourth-order valence-electron chi connectivity index (χ4n) is 3.23. The summed E-state index contributed by atoms with van der Waals surface area (Å²) in [6, 6.07) is 16.9. The number of amides is 2. The van der Waals surface area contributed by atoms with Crippen molar-refractivity contribution in [2.45, 2.75) is 12.6 Å². The van der Waals surface area contributed by atoms with Crippen molar-refractivity contribution in [3.8, 4) is 10.6 Å². The van der Waals surface area contributed by atoms with E-state index in [9.17, 15) is 27.2 Å². The van der Waals surface area contributed by atoms with Gasteiger partial charge in [-0.3, -0.25) is 9.59 Å². The number of anilines is 2. The predicted octanol–water partition coefficient (Wildman–Crippen LogP) is 6.40. The third-order valence-corrected chi connectivity index (χ3v) is 5.82. The Morgan fingerprint density at radius 3 is 2.31 bits per heavy atom. The van der Waals surface area contributed by atoms with Crippen LogP contribution in [0.15, 0.2) is 78.2 Å². The van der Waals surface area contributed by atoms with Crippen LogP contribution >= 0.6 is 11.3 Å². The summed E-state index contributed by atoms with van der Waals surface area (Å²) in [7, 11) is 0. The molecule has 4 aromatic rings. The highest BCUT2D eigenvalue weighted by Crippen LogP contribution is 2.37. The molecule has 0 unspecified atom stereocenters. The molecule has 1 aromatic heterocycles. The molecule has 0 radical (unpaired) electrons. The Hall–Kier alpha value is -4.05. The molecule has 5 nitrogen and oxygen atoms in total.